The van der Waals surface area contributed by atoms with Gasteiger partial charge in [-0.25, -0.2) is 10.2 Å². The van der Waals surface area contributed by atoms with Crippen molar-refractivity contribution in [3.05, 3.63) is 103 Å². The number of hydrazone groups is 1. The molecule has 1 N–H and O–H groups in total. The number of non-ortho nitro benzene ring substituents is 2. The van der Waals surface area contributed by atoms with Crippen molar-refractivity contribution in [1.29, 1.82) is 0 Å². The smallest absolute Gasteiger partial charge is 0.344 e. The van der Waals surface area contributed by atoms with E-state index in [1.807, 2.05) is 25.1 Å². The van der Waals surface area contributed by atoms with E-state index < -0.39 is 33.1 Å². The Morgan fingerprint density at radius 3 is 2.23 bits per heavy atom. The number of nitrogens with zero attached hydrogens (tertiary/aromatic N) is 3. The Morgan fingerprint density at radius 2 is 1.64 bits per heavy atom. The summed E-state index contributed by atoms with van der Waals surface area (Å²) in [5.74, 6) is -0.861. The van der Waals surface area contributed by atoms with E-state index >= 15 is 0 Å². The topological polar surface area (TPSA) is 163 Å². The van der Waals surface area contributed by atoms with Crippen LogP contribution in [0.2, 0.25) is 0 Å². The van der Waals surface area contributed by atoms with Crippen molar-refractivity contribution < 1.29 is 28.9 Å². The molecular weight excluding hydrogens is 508 g/mol. The Hall–Kier alpha value is -5.13. The van der Waals surface area contributed by atoms with E-state index in [9.17, 15) is 29.8 Å². The molecular formula is C27H26N4O8. The Bertz CT molecular complexity index is 1430. The minimum atomic E-state index is -1.02. The highest BCUT2D eigenvalue weighted by Gasteiger charge is 2.21. The second-order valence-corrected chi connectivity index (χ2v) is 9.53. The standard InChI is InChI=1S/C27H26N4O8/c1-17-10-20(27(2,3)4)8-9-24(17)38-16-25(32)29-28-15-18-6-5-7-23(11-18)39-26(33)19-12-21(30(34)35)14-22(13-19)31(36)37/h5-15H,16H2,1-4H3,(H,29,32)/b28-15-. The zero-order valence-electron chi connectivity index (χ0n) is 21.7. The van der Waals surface area contributed by atoms with Gasteiger partial charge in [0.05, 0.1) is 27.7 Å². The van der Waals surface area contributed by atoms with Crippen LogP contribution >= 0.6 is 0 Å². The van der Waals surface area contributed by atoms with Crippen molar-refractivity contribution in [2.45, 2.75) is 33.1 Å². The van der Waals surface area contributed by atoms with Gasteiger partial charge in [0.1, 0.15) is 11.5 Å². The fraction of sp³-hybridized carbons (Fsp3) is 0.222. The van der Waals surface area contributed by atoms with Crippen molar-refractivity contribution in [3.63, 3.8) is 0 Å². The Morgan fingerprint density at radius 1 is 0.974 bits per heavy atom. The number of hydrogen-bond acceptors (Lipinski definition) is 9. The number of benzene rings is 3. The van der Waals surface area contributed by atoms with Crippen molar-refractivity contribution in [1.82, 2.24) is 5.43 Å². The molecule has 12 heteroatoms. The van der Waals surface area contributed by atoms with Gasteiger partial charge >= 0.3 is 5.97 Å². The zero-order valence-corrected chi connectivity index (χ0v) is 21.7. The van der Waals surface area contributed by atoms with Gasteiger partial charge in [-0.3, -0.25) is 25.0 Å². The highest BCUT2D eigenvalue weighted by molar-refractivity contribution is 5.93. The maximum Gasteiger partial charge on any atom is 0.344 e. The molecule has 0 radical (unpaired) electrons. The number of nitrogens with one attached hydrogen (secondary N) is 1. The van der Waals surface area contributed by atoms with Crippen LogP contribution in [0.5, 0.6) is 11.5 Å². The molecule has 202 valence electrons. The van der Waals surface area contributed by atoms with E-state index in [2.05, 4.69) is 31.3 Å². The highest BCUT2D eigenvalue weighted by Crippen LogP contribution is 2.27. The monoisotopic (exact) mass is 534 g/mol. The molecule has 0 aliphatic carbocycles. The summed E-state index contributed by atoms with van der Waals surface area (Å²) >= 11 is 0. The second kappa shape index (κ2) is 11.9. The molecule has 0 fully saturated rings. The van der Waals surface area contributed by atoms with Crippen LogP contribution in [-0.2, 0) is 10.2 Å². The minimum Gasteiger partial charge on any atom is -0.483 e. The van der Waals surface area contributed by atoms with E-state index in [0.717, 1.165) is 29.3 Å². The van der Waals surface area contributed by atoms with Gasteiger partial charge in [0.25, 0.3) is 17.3 Å². The van der Waals surface area contributed by atoms with Gasteiger partial charge in [0.15, 0.2) is 6.61 Å². The molecule has 3 aromatic carbocycles. The van der Waals surface area contributed by atoms with Gasteiger partial charge in [-0.1, -0.05) is 45.0 Å². The number of hydrogen-bond donors (Lipinski definition) is 1. The number of nitro benzene ring substituents is 2. The first-order chi connectivity index (χ1) is 18.3. The largest absolute Gasteiger partial charge is 0.483 e. The molecule has 1 amide bonds. The fourth-order valence-electron chi connectivity index (χ4n) is 3.38. The maximum atomic E-state index is 12.5. The first kappa shape index (κ1) is 28.4. The predicted molar refractivity (Wildman–Crippen MR) is 142 cm³/mol. The first-order valence-corrected chi connectivity index (χ1v) is 11.7. The van der Waals surface area contributed by atoms with Crippen LogP contribution in [-0.4, -0.2) is 34.5 Å². The zero-order chi connectivity index (χ0) is 28.7. The van der Waals surface area contributed by atoms with Crippen LogP contribution in [0.1, 0.15) is 47.8 Å². The fourth-order valence-corrected chi connectivity index (χ4v) is 3.38. The summed E-state index contributed by atoms with van der Waals surface area (Å²) in [6.07, 6.45) is 1.32. The van der Waals surface area contributed by atoms with Gasteiger partial charge in [-0.05, 0) is 47.2 Å². The third kappa shape index (κ3) is 7.92. The van der Waals surface area contributed by atoms with Crippen LogP contribution in [0.15, 0.2) is 65.8 Å². The SMILES string of the molecule is Cc1cc(C(C)(C)C)ccc1OCC(=O)N/N=C\c1cccc(OC(=O)c2cc([N+](=O)[O-])cc([N+](=O)[O-])c2)c1. The summed E-state index contributed by atoms with van der Waals surface area (Å²) in [5.41, 5.74) is 3.27. The van der Waals surface area contributed by atoms with Crippen molar-refractivity contribution in [2.24, 2.45) is 5.10 Å². The third-order valence-corrected chi connectivity index (χ3v) is 5.43. The summed E-state index contributed by atoms with van der Waals surface area (Å²) in [4.78, 5) is 45.1. The molecule has 0 saturated heterocycles. The number of ether oxygens (including phenoxy) is 2. The number of carbonyl (C=O) groups excluding carboxylic acids is 2. The average molecular weight is 535 g/mol. The summed E-state index contributed by atoms with van der Waals surface area (Å²) in [5, 5.41) is 26.0. The van der Waals surface area contributed by atoms with Crippen LogP contribution < -0.4 is 14.9 Å². The minimum absolute atomic E-state index is 0.00588. The van der Waals surface area contributed by atoms with E-state index in [1.54, 1.807) is 12.1 Å². The van der Waals surface area contributed by atoms with Crippen molar-refractivity contribution >= 4 is 29.5 Å². The van der Waals surface area contributed by atoms with Crippen LogP contribution in [0, 0.1) is 27.2 Å². The van der Waals surface area contributed by atoms with Crippen LogP contribution in [0.4, 0.5) is 11.4 Å². The van der Waals surface area contributed by atoms with Crippen LogP contribution in [0.3, 0.4) is 0 Å². The van der Waals surface area contributed by atoms with Crippen molar-refractivity contribution in [3.8, 4) is 11.5 Å². The normalized spacial score (nSPS) is 11.2. The van der Waals surface area contributed by atoms with Crippen LogP contribution in [0.25, 0.3) is 0 Å². The van der Waals surface area contributed by atoms with E-state index in [-0.39, 0.29) is 23.3 Å². The Labute approximate surface area is 223 Å². The number of amides is 1. The number of rotatable bonds is 9. The summed E-state index contributed by atoms with van der Waals surface area (Å²) in [7, 11) is 0. The number of carbonyl (C=O) groups is 2. The molecule has 0 heterocycles. The quantitative estimate of drug-likeness (QED) is 0.134. The van der Waals surface area contributed by atoms with E-state index in [4.69, 9.17) is 9.47 Å². The molecule has 12 nitrogen and oxygen atoms in total. The van der Waals surface area contributed by atoms with Gasteiger partial charge in [-0.15, -0.1) is 0 Å². The molecule has 0 spiro atoms. The van der Waals surface area contributed by atoms with E-state index in [1.165, 1.54) is 18.3 Å². The highest BCUT2D eigenvalue weighted by atomic mass is 16.6. The van der Waals surface area contributed by atoms with Gasteiger partial charge < -0.3 is 9.47 Å². The Kier molecular flexibility index (Phi) is 8.71. The van der Waals surface area contributed by atoms with Gasteiger partial charge in [-0.2, -0.15) is 5.10 Å². The molecule has 0 atom stereocenters. The summed E-state index contributed by atoms with van der Waals surface area (Å²) in [6.45, 7) is 7.98. The average Bonchev–Trinajstić information content (AvgIpc) is 2.87. The lowest BCUT2D eigenvalue weighted by Crippen LogP contribution is -2.24. The van der Waals surface area contributed by atoms with Gasteiger partial charge in [0, 0.05) is 12.1 Å². The molecule has 0 aliphatic rings. The molecule has 0 bridgehead atoms. The summed E-state index contributed by atoms with van der Waals surface area (Å²) in [6, 6.07) is 14.4. The van der Waals surface area contributed by atoms with Crippen molar-refractivity contribution in [2.75, 3.05) is 6.61 Å². The predicted octanol–water partition coefficient (Wildman–Crippen LogP) is 4.86. The number of aryl methyl sites for hydroxylation is 1. The summed E-state index contributed by atoms with van der Waals surface area (Å²) < 4.78 is 10.8. The molecule has 39 heavy (non-hydrogen) atoms. The lowest BCUT2D eigenvalue weighted by Gasteiger charge is -2.20. The van der Waals surface area contributed by atoms with E-state index in [0.29, 0.717) is 11.3 Å². The molecule has 0 saturated carbocycles. The lowest BCUT2D eigenvalue weighted by molar-refractivity contribution is -0.394. The first-order valence-electron chi connectivity index (χ1n) is 11.7. The maximum absolute atomic E-state index is 12.5. The molecule has 0 unspecified atom stereocenters. The molecule has 3 aromatic rings. The molecule has 3 rings (SSSR count). The number of nitro groups is 2. The second-order valence-electron chi connectivity index (χ2n) is 9.53. The number of esters is 1. The molecule has 0 aromatic heterocycles. The molecule has 0 aliphatic heterocycles. The Balaban J connectivity index is 1.59. The van der Waals surface area contributed by atoms with Gasteiger partial charge in [0.2, 0.25) is 0 Å². The lowest BCUT2D eigenvalue weighted by atomic mass is 9.86. The third-order valence-electron chi connectivity index (χ3n) is 5.43.